The van der Waals surface area contributed by atoms with Crippen molar-refractivity contribution in [2.24, 2.45) is 0 Å². The average Bonchev–Trinajstić information content (AvgIpc) is 3.04. The fourth-order valence-corrected chi connectivity index (χ4v) is 3.72. The van der Waals surface area contributed by atoms with E-state index in [1.54, 1.807) is 22.8 Å². The molecule has 27 heavy (non-hydrogen) atoms. The Morgan fingerprint density at radius 1 is 1.33 bits per heavy atom. The molecule has 0 unspecified atom stereocenters. The minimum Gasteiger partial charge on any atom is -0.483 e. The van der Waals surface area contributed by atoms with E-state index >= 15 is 0 Å². The summed E-state index contributed by atoms with van der Waals surface area (Å²) in [6.45, 7) is 4.22. The van der Waals surface area contributed by atoms with Crippen LogP contribution in [-0.4, -0.2) is 50.8 Å². The molecule has 2 aromatic rings. The smallest absolute Gasteiger partial charge is 0.290 e. The molecule has 0 bridgehead atoms. The van der Waals surface area contributed by atoms with Crippen LogP contribution in [0.25, 0.3) is 0 Å². The van der Waals surface area contributed by atoms with Gasteiger partial charge >= 0.3 is 0 Å². The van der Waals surface area contributed by atoms with E-state index in [1.165, 1.54) is 11.3 Å². The molecular weight excluding hydrogens is 390 g/mol. The molecule has 3 rings (SSSR count). The van der Waals surface area contributed by atoms with Crippen LogP contribution in [0.15, 0.2) is 29.6 Å². The molecule has 0 saturated carbocycles. The van der Waals surface area contributed by atoms with Crippen LogP contribution in [0.3, 0.4) is 0 Å². The Morgan fingerprint density at radius 3 is 2.59 bits per heavy atom. The van der Waals surface area contributed by atoms with E-state index in [2.05, 4.69) is 4.98 Å². The first-order valence-corrected chi connectivity index (χ1v) is 9.43. The van der Waals surface area contributed by atoms with Gasteiger partial charge in [0.15, 0.2) is 0 Å². The third kappa shape index (κ3) is 5.27. The average molecular weight is 410 g/mol. The van der Waals surface area contributed by atoms with Crippen LogP contribution in [0.5, 0.6) is 0 Å². The molecule has 144 valence electrons. The third-order valence-electron chi connectivity index (χ3n) is 4.07. The number of nitrogens with zero attached hydrogens (tertiary/aromatic N) is 3. The van der Waals surface area contributed by atoms with Crippen LogP contribution >= 0.6 is 22.9 Å². The van der Waals surface area contributed by atoms with E-state index in [-0.39, 0.29) is 24.8 Å². The molecular formula is C18H20ClN3O4S. The molecule has 1 aromatic carbocycles. The molecule has 0 aliphatic carbocycles. The van der Waals surface area contributed by atoms with Crippen molar-refractivity contribution in [3.63, 3.8) is 0 Å². The van der Waals surface area contributed by atoms with E-state index in [9.17, 15) is 9.59 Å². The topological polar surface area (TPSA) is 90.8 Å². The van der Waals surface area contributed by atoms with Crippen molar-refractivity contribution >= 4 is 41.2 Å². The minimum atomic E-state index is -0.502. The number of benzene rings is 1. The van der Waals surface area contributed by atoms with Gasteiger partial charge < -0.3 is 14.9 Å². The molecule has 1 aromatic heterocycles. The normalized spacial score (nSPS) is 16.8. The Morgan fingerprint density at radius 2 is 2.00 bits per heavy atom. The fourth-order valence-electron chi connectivity index (χ4n) is 2.76. The minimum absolute atomic E-state index is 0.0669. The highest BCUT2D eigenvalue weighted by Crippen LogP contribution is 2.22. The van der Waals surface area contributed by atoms with Gasteiger partial charge in [-0.2, -0.15) is 0 Å². The highest BCUT2D eigenvalue weighted by Gasteiger charge is 2.36. The highest BCUT2D eigenvalue weighted by molar-refractivity contribution is 7.09. The second-order valence-electron chi connectivity index (χ2n) is 5.97. The molecule has 2 amide bonds. The van der Waals surface area contributed by atoms with E-state index in [4.69, 9.17) is 21.5 Å². The van der Waals surface area contributed by atoms with Gasteiger partial charge in [0.05, 0.1) is 6.54 Å². The Balaban J connectivity index is 0.000000817. The number of carboxylic acid groups (broad SMARTS) is 1. The second-order valence-corrected chi connectivity index (χ2v) is 7.32. The lowest BCUT2D eigenvalue weighted by molar-refractivity contribution is -0.156. The molecule has 0 spiro atoms. The molecule has 0 radical (unpaired) electrons. The van der Waals surface area contributed by atoms with E-state index < -0.39 is 6.04 Å². The number of rotatable bonds is 4. The van der Waals surface area contributed by atoms with Crippen LogP contribution < -0.4 is 0 Å². The van der Waals surface area contributed by atoms with Crippen LogP contribution in [0, 0.1) is 6.92 Å². The van der Waals surface area contributed by atoms with Crippen molar-refractivity contribution in [1.29, 1.82) is 0 Å². The Labute approximate surface area is 166 Å². The predicted octanol–water partition coefficient (Wildman–Crippen LogP) is 2.57. The predicted molar refractivity (Wildman–Crippen MR) is 102 cm³/mol. The van der Waals surface area contributed by atoms with Crippen molar-refractivity contribution in [1.82, 2.24) is 14.8 Å². The fraction of sp³-hybridized carbons (Fsp3) is 0.333. The maximum Gasteiger partial charge on any atom is 0.290 e. The van der Waals surface area contributed by atoms with E-state index in [0.717, 1.165) is 16.3 Å². The summed E-state index contributed by atoms with van der Waals surface area (Å²) < 4.78 is 0. The molecule has 2 heterocycles. The lowest BCUT2D eigenvalue weighted by Crippen LogP contribution is -2.58. The van der Waals surface area contributed by atoms with Gasteiger partial charge in [0.2, 0.25) is 11.8 Å². The van der Waals surface area contributed by atoms with Crippen molar-refractivity contribution in [3.8, 4) is 0 Å². The molecule has 1 aliphatic rings. The molecule has 7 nitrogen and oxygen atoms in total. The summed E-state index contributed by atoms with van der Waals surface area (Å²) >= 11 is 7.67. The summed E-state index contributed by atoms with van der Waals surface area (Å²) in [7, 11) is 0. The van der Waals surface area contributed by atoms with Crippen LogP contribution in [0.4, 0.5) is 0 Å². The number of hydrogen-bond acceptors (Lipinski definition) is 5. The summed E-state index contributed by atoms with van der Waals surface area (Å²) in [4.78, 5) is 41.1. The SMILES string of the molecule is Cc1csc(CN2C(=O)CN(Cc3ccccc3Cl)C(=O)[C@@H]2C)n1.O=CO. The number of hydrogen-bond donors (Lipinski definition) is 1. The number of carbonyl (C=O) groups is 3. The van der Waals surface area contributed by atoms with Crippen molar-refractivity contribution in [3.05, 3.63) is 50.9 Å². The number of amides is 2. The monoisotopic (exact) mass is 409 g/mol. The summed E-state index contributed by atoms with van der Waals surface area (Å²) in [6.07, 6.45) is 0. The molecule has 1 saturated heterocycles. The van der Waals surface area contributed by atoms with Crippen molar-refractivity contribution in [2.75, 3.05) is 6.54 Å². The molecule has 1 N–H and O–H groups in total. The second kappa shape index (κ2) is 9.48. The quantitative estimate of drug-likeness (QED) is 0.783. The number of halogens is 1. The third-order valence-corrected chi connectivity index (χ3v) is 5.39. The standard InChI is InChI=1S/C17H18ClN3O2S.CH2O2/c1-11-10-24-15(19-11)8-21-12(2)17(23)20(9-16(21)22)7-13-5-3-4-6-14(13)18;2-1-3/h3-6,10,12H,7-9H2,1-2H3;1H,(H,2,3)/t12-;/m0./s1. The lowest BCUT2D eigenvalue weighted by atomic mass is 10.1. The van der Waals surface area contributed by atoms with Crippen LogP contribution in [0.1, 0.15) is 23.2 Å². The Bertz CT molecular complexity index is 826. The zero-order chi connectivity index (χ0) is 20.0. The summed E-state index contributed by atoms with van der Waals surface area (Å²) in [5.74, 6) is -0.134. The van der Waals surface area contributed by atoms with Gasteiger partial charge in [-0.05, 0) is 25.5 Å². The summed E-state index contributed by atoms with van der Waals surface area (Å²) in [5, 5.41) is 10.3. The van der Waals surface area contributed by atoms with E-state index in [0.29, 0.717) is 18.1 Å². The van der Waals surface area contributed by atoms with Gasteiger partial charge in [0.1, 0.15) is 17.6 Å². The van der Waals surface area contributed by atoms with Crippen molar-refractivity contribution < 1.29 is 19.5 Å². The van der Waals surface area contributed by atoms with Gasteiger partial charge in [-0.15, -0.1) is 11.3 Å². The molecule has 1 aliphatic heterocycles. The largest absolute Gasteiger partial charge is 0.483 e. The summed E-state index contributed by atoms with van der Waals surface area (Å²) in [6, 6.07) is 6.87. The first kappa shape index (κ1) is 20.9. The Hall–Kier alpha value is -2.45. The highest BCUT2D eigenvalue weighted by atomic mass is 35.5. The number of piperazine rings is 1. The van der Waals surface area contributed by atoms with Gasteiger partial charge in [-0.3, -0.25) is 14.4 Å². The van der Waals surface area contributed by atoms with Gasteiger partial charge in [0.25, 0.3) is 6.47 Å². The lowest BCUT2D eigenvalue weighted by Gasteiger charge is -2.38. The molecule has 1 atom stereocenters. The number of aromatic nitrogens is 1. The summed E-state index contributed by atoms with van der Waals surface area (Å²) in [5.41, 5.74) is 1.77. The van der Waals surface area contributed by atoms with E-state index in [1.807, 2.05) is 30.5 Å². The first-order valence-electron chi connectivity index (χ1n) is 8.17. The number of aryl methyl sites for hydroxylation is 1. The first-order chi connectivity index (χ1) is 12.9. The number of thiazole rings is 1. The molecule has 9 heteroatoms. The maximum absolute atomic E-state index is 12.7. The maximum atomic E-state index is 12.7. The molecule has 1 fully saturated rings. The van der Waals surface area contributed by atoms with Crippen LogP contribution in [0.2, 0.25) is 5.02 Å². The zero-order valence-corrected chi connectivity index (χ0v) is 16.5. The van der Waals surface area contributed by atoms with Crippen LogP contribution in [-0.2, 0) is 27.5 Å². The zero-order valence-electron chi connectivity index (χ0n) is 15.0. The van der Waals surface area contributed by atoms with Gasteiger partial charge in [-0.1, -0.05) is 29.8 Å². The van der Waals surface area contributed by atoms with Gasteiger partial charge in [-0.25, -0.2) is 4.98 Å². The van der Waals surface area contributed by atoms with Crippen molar-refractivity contribution in [2.45, 2.75) is 33.0 Å². The Kier molecular flexibility index (Phi) is 7.32. The number of carbonyl (C=O) groups excluding carboxylic acids is 2. The van der Waals surface area contributed by atoms with Gasteiger partial charge in [0, 0.05) is 22.6 Å².